The van der Waals surface area contributed by atoms with Crippen molar-refractivity contribution in [1.29, 1.82) is 0 Å². The number of hydrogen-bond acceptors (Lipinski definition) is 3. The number of aryl methyl sites for hydroxylation is 3. The van der Waals surface area contributed by atoms with Crippen LogP contribution in [-0.4, -0.2) is 12.8 Å². The van der Waals surface area contributed by atoms with Crippen LogP contribution in [-0.2, 0) is 0 Å². The molecular formula is C17H20ClN3O2. The fourth-order valence-corrected chi connectivity index (χ4v) is 2.25. The molecule has 0 radical (unpaired) electrons. The van der Waals surface area contributed by atoms with Crippen molar-refractivity contribution in [2.75, 3.05) is 17.8 Å². The van der Waals surface area contributed by atoms with Gasteiger partial charge in [0.05, 0.1) is 11.4 Å². The number of halogens is 1. The molecule has 0 spiro atoms. The number of carbonyl (C=O) groups is 1. The van der Waals surface area contributed by atoms with E-state index < -0.39 is 0 Å². The second-order valence-corrected chi connectivity index (χ2v) is 5.76. The Morgan fingerprint density at radius 1 is 1.17 bits per heavy atom. The fourth-order valence-electron chi connectivity index (χ4n) is 2.14. The summed E-state index contributed by atoms with van der Waals surface area (Å²) >= 11 is 6.10. The minimum Gasteiger partial charge on any atom is -0.473 e. The average Bonchev–Trinajstić information content (AvgIpc) is 2.47. The number of nitrogens with one attached hydrogen (secondary N) is 2. The summed E-state index contributed by atoms with van der Waals surface area (Å²) in [6.45, 7) is 5.78. The first-order valence-electron chi connectivity index (χ1n) is 7.17. The van der Waals surface area contributed by atoms with Crippen LogP contribution in [0.15, 0.2) is 30.3 Å². The smallest absolute Gasteiger partial charge is 0.321 e. The quantitative estimate of drug-likeness (QED) is 0.584. The zero-order valence-electron chi connectivity index (χ0n) is 13.4. The Kier molecular flexibility index (Phi) is 5.34. The van der Waals surface area contributed by atoms with Crippen molar-refractivity contribution in [2.45, 2.75) is 20.8 Å². The standard InChI is InChI=1S/C17H20ClN3O2/c1-10-4-5-15(14(19)6-10)21-17(22)20-9-23-13-7-11(2)16(18)12(3)8-13/h4-8H,9,19H2,1-3H3,(H2,20,21,22). The van der Waals surface area contributed by atoms with E-state index in [1.165, 1.54) is 0 Å². The van der Waals surface area contributed by atoms with Crippen molar-refractivity contribution in [2.24, 2.45) is 0 Å². The topological polar surface area (TPSA) is 76.4 Å². The summed E-state index contributed by atoms with van der Waals surface area (Å²) in [6.07, 6.45) is 0. The summed E-state index contributed by atoms with van der Waals surface area (Å²) in [5, 5.41) is 6.01. The third kappa shape index (κ3) is 4.53. The van der Waals surface area contributed by atoms with Crippen LogP contribution >= 0.6 is 11.6 Å². The van der Waals surface area contributed by atoms with Crippen LogP contribution in [0.25, 0.3) is 0 Å². The third-order valence-electron chi connectivity index (χ3n) is 3.34. The molecule has 2 aromatic rings. The van der Waals surface area contributed by atoms with E-state index in [0.29, 0.717) is 17.1 Å². The van der Waals surface area contributed by atoms with Gasteiger partial charge in [-0.2, -0.15) is 0 Å². The SMILES string of the molecule is Cc1ccc(NC(=O)NCOc2cc(C)c(Cl)c(C)c2)c(N)c1. The molecule has 0 bridgehead atoms. The maximum Gasteiger partial charge on any atom is 0.321 e. The molecule has 0 atom stereocenters. The Morgan fingerprint density at radius 3 is 2.43 bits per heavy atom. The highest BCUT2D eigenvalue weighted by Crippen LogP contribution is 2.25. The van der Waals surface area contributed by atoms with E-state index in [1.54, 1.807) is 12.1 Å². The second kappa shape index (κ2) is 7.24. The Bertz CT molecular complexity index is 709. The lowest BCUT2D eigenvalue weighted by Gasteiger charge is -2.12. The van der Waals surface area contributed by atoms with E-state index in [1.807, 2.05) is 39.0 Å². The van der Waals surface area contributed by atoms with Crippen LogP contribution in [0.3, 0.4) is 0 Å². The lowest BCUT2D eigenvalue weighted by Crippen LogP contribution is -2.32. The summed E-state index contributed by atoms with van der Waals surface area (Å²) in [4.78, 5) is 11.8. The number of nitrogen functional groups attached to an aromatic ring is 1. The summed E-state index contributed by atoms with van der Waals surface area (Å²) in [5.74, 6) is 0.652. The number of benzene rings is 2. The Hall–Kier alpha value is -2.40. The molecule has 2 amide bonds. The van der Waals surface area contributed by atoms with Gasteiger partial charge in [-0.1, -0.05) is 17.7 Å². The van der Waals surface area contributed by atoms with Crippen LogP contribution in [0.1, 0.15) is 16.7 Å². The highest BCUT2D eigenvalue weighted by molar-refractivity contribution is 6.32. The summed E-state index contributed by atoms with van der Waals surface area (Å²) in [6, 6.07) is 8.70. The molecule has 0 aromatic heterocycles. The molecule has 2 rings (SSSR count). The van der Waals surface area contributed by atoms with Gasteiger partial charge < -0.3 is 21.1 Å². The number of hydrogen-bond donors (Lipinski definition) is 3. The summed E-state index contributed by atoms with van der Waals surface area (Å²) < 4.78 is 5.52. The van der Waals surface area contributed by atoms with Gasteiger partial charge >= 0.3 is 6.03 Å². The Morgan fingerprint density at radius 2 is 1.83 bits per heavy atom. The largest absolute Gasteiger partial charge is 0.473 e. The van der Waals surface area contributed by atoms with Crippen molar-refractivity contribution >= 4 is 29.0 Å². The van der Waals surface area contributed by atoms with Crippen LogP contribution in [0.2, 0.25) is 5.02 Å². The number of ether oxygens (including phenoxy) is 1. The van der Waals surface area contributed by atoms with E-state index in [9.17, 15) is 4.79 Å². The van der Waals surface area contributed by atoms with Crippen molar-refractivity contribution < 1.29 is 9.53 Å². The van der Waals surface area contributed by atoms with Crippen molar-refractivity contribution in [1.82, 2.24) is 5.32 Å². The zero-order chi connectivity index (χ0) is 17.0. The number of rotatable bonds is 4. The highest BCUT2D eigenvalue weighted by atomic mass is 35.5. The number of carbonyl (C=O) groups excluding carboxylic acids is 1. The van der Waals surface area contributed by atoms with Gasteiger partial charge in [-0.3, -0.25) is 0 Å². The maximum absolute atomic E-state index is 11.8. The molecular weight excluding hydrogens is 314 g/mol. The molecule has 0 heterocycles. The number of nitrogens with two attached hydrogens (primary N) is 1. The van der Waals surface area contributed by atoms with Crippen LogP contribution in [0.5, 0.6) is 5.75 Å². The molecule has 0 aliphatic rings. The predicted octanol–water partition coefficient (Wildman–Crippen LogP) is 4.01. The molecule has 0 aliphatic carbocycles. The van der Waals surface area contributed by atoms with Gasteiger partial charge in [-0.15, -0.1) is 0 Å². The number of anilines is 2. The molecule has 23 heavy (non-hydrogen) atoms. The Balaban J connectivity index is 1.87. The van der Waals surface area contributed by atoms with Crippen LogP contribution in [0.4, 0.5) is 16.2 Å². The van der Waals surface area contributed by atoms with Crippen LogP contribution in [0, 0.1) is 20.8 Å². The first kappa shape index (κ1) is 17.0. The van der Waals surface area contributed by atoms with Crippen molar-refractivity contribution in [3.63, 3.8) is 0 Å². The maximum atomic E-state index is 11.8. The van der Waals surface area contributed by atoms with Gasteiger partial charge in [0.25, 0.3) is 0 Å². The van der Waals surface area contributed by atoms with Gasteiger partial charge in [0.15, 0.2) is 6.73 Å². The van der Waals surface area contributed by atoms with E-state index >= 15 is 0 Å². The van der Waals surface area contributed by atoms with E-state index in [4.69, 9.17) is 22.1 Å². The normalized spacial score (nSPS) is 10.3. The lowest BCUT2D eigenvalue weighted by atomic mass is 10.1. The van der Waals surface area contributed by atoms with E-state index in [0.717, 1.165) is 21.7 Å². The minimum absolute atomic E-state index is 0.0398. The monoisotopic (exact) mass is 333 g/mol. The minimum atomic E-state index is -0.386. The molecule has 0 saturated heterocycles. The lowest BCUT2D eigenvalue weighted by molar-refractivity contribution is 0.234. The second-order valence-electron chi connectivity index (χ2n) is 5.38. The molecule has 0 saturated carbocycles. The van der Waals surface area contributed by atoms with Gasteiger partial charge in [-0.25, -0.2) is 4.79 Å². The molecule has 4 N–H and O–H groups in total. The molecule has 2 aromatic carbocycles. The number of urea groups is 1. The van der Waals surface area contributed by atoms with Crippen molar-refractivity contribution in [3.8, 4) is 5.75 Å². The van der Waals surface area contributed by atoms with Gasteiger partial charge in [0.2, 0.25) is 0 Å². The molecule has 0 unspecified atom stereocenters. The fraction of sp³-hybridized carbons (Fsp3) is 0.235. The summed E-state index contributed by atoms with van der Waals surface area (Å²) in [5.41, 5.74) is 9.82. The third-order valence-corrected chi connectivity index (χ3v) is 3.93. The molecule has 0 aliphatic heterocycles. The average molecular weight is 334 g/mol. The van der Waals surface area contributed by atoms with Crippen LogP contribution < -0.4 is 21.1 Å². The van der Waals surface area contributed by atoms with E-state index in [2.05, 4.69) is 10.6 Å². The highest BCUT2D eigenvalue weighted by Gasteiger charge is 2.06. The van der Waals surface area contributed by atoms with Gasteiger partial charge in [0.1, 0.15) is 5.75 Å². The predicted molar refractivity (Wildman–Crippen MR) is 94.2 cm³/mol. The number of amides is 2. The van der Waals surface area contributed by atoms with E-state index in [-0.39, 0.29) is 12.8 Å². The van der Waals surface area contributed by atoms with Gasteiger partial charge in [0, 0.05) is 5.02 Å². The molecule has 6 heteroatoms. The Labute approximate surface area is 140 Å². The van der Waals surface area contributed by atoms with Crippen molar-refractivity contribution in [3.05, 3.63) is 52.0 Å². The first-order valence-corrected chi connectivity index (χ1v) is 7.55. The first-order chi connectivity index (χ1) is 10.9. The molecule has 122 valence electrons. The molecule has 0 fully saturated rings. The van der Waals surface area contributed by atoms with Gasteiger partial charge in [-0.05, 0) is 61.7 Å². The molecule has 5 nitrogen and oxygen atoms in total. The summed E-state index contributed by atoms with van der Waals surface area (Å²) in [7, 11) is 0. The zero-order valence-corrected chi connectivity index (χ0v) is 14.1.